The maximum atomic E-state index is 9.66. The molecular formula is C10H12ClN3O. The largest absolute Gasteiger partial charge is 0.392 e. The van der Waals surface area contributed by atoms with Crippen molar-refractivity contribution < 1.29 is 5.11 Å². The summed E-state index contributed by atoms with van der Waals surface area (Å²) in [6, 6.07) is 1.78. The summed E-state index contributed by atoms with van der Waals surface area (Å²) in [4.78, 5) is 10.2. The number of rotatable bonds is 1. The highest BCUT2D eigenvalue weighted by molar-refractivity contribution is 6.29. The molecule has 15 heavy (non-hydrogen) atoms. The number of nitrogens with zero attached hydrogens (tertiary/aromatic N) is 3. The molecule has 0 spiro atoms. The van der Waals surface area contributed by atoms with Gasteiger partial charge >= 0.3 is 0 Å². The average molecular weight is 226 g/mol. The van der Waals surface area contributed by atoms with Gasteiger partial charge in [-0.2, -0.15) is 0 Å². The zero-order valence-corrected chi connectivity index (χ0v) is 8.93. The summed E-state index contributed by atoms with van der Waals surface area (Å²) in [5.74, 6) is 1.70. The number of aliphatic hydroxyl groups excluding tert-OH is 1. The Morgan fingerprint density at radius 1 is 1.33 bits per heavy atom. The summed E-state index contributed by atoms with van der Waals surface area (Å²) < 4.78 is 0. The normalized spacial score (nSPS) is 33.7. The van der Waals surface area contributed by atoms with Crippen molar-refractivity contribution in [2.24, 2.45) is 11.8 Å². The van der Waals surface area contributed by atoms with Gasteiger partial charge in [0.2, 0.25) is 0 Å². The maximum absolute atomic E-state index is 9.66. The number of hydrogen-bond acceptors (Lipinski definition) is 4. The third-order valence-electron chi connectivity index (χ3n) is 3.42. The monoisotopic (exact) mass is 225 g/mol. The van der Waals surface area contributed by atoms with Gasteiger partial charge in [0.15, 0.2) is 0 Å². The first kappa shape index (κ1) is 9.36. The molecule has 2 aliphatic heterocycles. The Bertz CT molecular complexity index is 375. The van der Waals surface area contributed by atoms with Crippen molar-refractivity contribution in [3.8, 4) is 0 Å². The lowest BCUT2D eigenvalue weighted by molar-refractivity contribution is -0.0533. The summed E-state index contributed by atoms with van der Waals surface area (Å²) in [6.07, 6.45) is 2.53. The Kier molecular flexibility index (Phi) is 2.07. The zero-order valence-electron chi connectivity index (χ0n) is 8.17. The van der Waals surface area contributed by atoms with Crippen molar-refractivity contribution in [1.82, 2.24) is 9.97 Å². The van der Waals surface area contributed by atoms with Gasteiger partial charge in [-0.3, -0.25) is 0 Å². The molecule has 1 aliphatic carbocycles. The molecule has 1 aromatic heterocycles. The van der Waals surface area contributed by atoms with Gasteiger partial charge < -0.3 is 10.0 Å². The molecule has 0 unspecified atom stereocenters. The van der Waals surface area contributed by atoms with Gasteiger partial charge in [0.1, 0.15) is 17.3 Å². The predicted octanol–water partition coefficient (Wildman–Crippen LogP) is 0.947. The minimum absolute atomic E-state index is 0.0986. The van der Waals surface area contributed by atoms with Crippen LogP contribution in [0, 0.1) is 11.8 Å². The van der Waals surface area contributed by atoms with Crippen molar-refractivity contribution in [1.29, 1.82) is 0 Å². The number of halogens is 1. The number of anilines is 1. The molecule has 0 aromatic carbocycles. The van der Waals surface area contributed by atoms with E-state index in [-0.39, 0.29) is 6.10 Å². The Balaban J connectivity index is 1.79. The summed E-state index contributed by atoms with van der Waals surface area (Å²) in [7, 11) is 0. The highest BCUT2D eigenvalue weighted by Gasteiger charge is 2.45. The fraction of sp³-hybridized carbons (Fsp3) is 0.600. The average Bonchev–Trinajstić information content (AvgIpc) is 2.28. The molecular weight excluding hydrogens is 214 g/mol. The molecule has 0 radical (unpaired) electrons. The first-order valence-electron chi connectivity index (χ1n) is 5.14. The Morgan fingerprint density at radius 3 is 2.67 bits per heavy atom. The third kappa shape index (κ3) is 1.48. The number of hydrogen-bond donors (Lipinski definition) is 1. The van der Waals surface area contributed by atoms with Crippen molar-refractivity contribution in [3.63, 3.8) is 0 Å². The number of aromatic nitrogens is 2. The second-order valence-corrected chi connectivity index (χ2v) is 4.74. The van der Waals surface area contributed by atoms with Crippen LogP contribution < -0.4 is 4.90 Å². The Morgan fingerprint density at radius 2 is 2.07 bits per heavy atom. The molecule has 4 rings (SSSR count). The molecule has 5 heteroatoms. The molecule has 3 fully saturated rings. The SMILES string of the molecule is OC1[C@H]2C[C@H]1CN(c1cc(Cl)ncn1)C2. The number of fused-ring (bicyclic) bond motifs is 2. The lowest BCUT2D eigenvalue weighted by Gasteiger charge is -2.51. The molecule has 3 aliphatic rings. The summed E-state index contributed by atoms with van der Waals surface area (Å²) in [5, 5.41) is 10.1. The van der Waals surface area contributed by atoms with Crippen LogP contribution in [0.5, 0.6) is 0 Å². The van der Waals surface area contributed by atoms with Crippen LogP contribution in [-0.2, 0) is 0 Å². The van der Waals surface area contributed by atoms with Crippen LogP contribution in [-0.4, -0.2) is 34.3 Å². The van der Waals surface area contributed by atoms with Crippen LogP contribution in [0.15, 0.2) is 12.4 Å². The lowest BCUT2D eigenvalue weighted by Crippen LogP contribution is -2.58. The van der Waals surface area contributed by atoms with E-state index in [2.05, 4.69) is 14.9 Å². The first-order valence-corrected chi connectivity index (χ1v) is 5.52. The molecule has 80 valence electrons. The Labute approximate surface area is 92.9 Å². The van der Waals surface area contributed by atoms with E-state index in [1.807, 2.05) is 0 Å². The molecule has 2 bridgehead atoms. The van der Waals surface area contributed by atoms with E-state index in [4.69, 9.17) is 11.6 Å². The van der Waals surface area contributed by atoms with Gasteiger partial charge in [-0.15, -0.1) is 0 Å². The smallest absolute Gasteiger partial charge is 0.134 e. The van der Waals surface area contributed by atoms with Crippen LogP contribution in [0.25, 0.3) is 0 Å². The van der Waals surface area contributed by atoms with Crippen molar-refractivity contribution >= 4 is 17.4 Å². The third-order valence-corrected chi connectivity index (χ3v) is 3.63. The van der Waals surface area contributed by atoms with E-state index < -0.39 is 0 Å². The van der Waals surface area contributed by atoms with Crippen LogP contribution >= 0.6 is 11.6 Å². The molecule has 1 saturated carbocycles. The predicted molar refractivity (Wildman–Crippen MR) is 56.9 cm³/mol. The number of piperidine rings is 2. The van der Waals surface area contributed by atoms with Crippen LogP contribution in [0.1, 0.15) is 6.42 Å². The molecule has 1 N–H and O–H groups in total. The van der Waals surface area contributed by atoms with Crippen molar-refractivity contribution in [2.45, 2.75) is 12.5 Å². The van der Waals surface area contributed by atoms with E-state index in [0.717, 1.165) is 25.3 Å². The lowest BCUT2D eigenvalue weighted by atomic mass is 9.68. The second-order valence-electron chi connectivity index (χ2n) is 4.35. The first-order chi connectivity index (χ1) is 7.24. The topological polar surface area (TPSA) is 49.2 Å². The van der Waals surface area contributed by atoms with Gasteiger partial charge in [-0.25, -0.2) is 9.97 Å². The molecule has 2 atom stereocenters. The summed E-state index contributed by atoms with van der Waals surface area (Å²) >= 11 is 5.81. The van der Waals surface area contributed by atoms with Crippen molar-refractivity contribution in [3.05, 3.63) is 17.5 Å². The highest BCUT2D eigenvalue weighted by Crippen LogP contribution is 2.41. The second kappa shape index (κ2) is 3.32. The summed E-state index contributed by atoms with van der Waals surface area (Å²) in [5.41, 5.74) is 0. The van der Waals surface area contributed by atoms with Crippen molar-refractivity contribution in [2.75, 3.05) is 18.0 Å². The fourth-order valence-electron chi connectivity index (χ4n) is 2.55. The van der Waals surface area contributed by atoms with Gasteiger partial charge in [0.05, 0.1) is 6.10 Å². The van der Waals surface area contributed by atoms with Gasteiger partial charge in [0.25, 0.3) is 0 Å². The minimum Gasteiger partial charge on any atom is -0.392 e. The minimum atomic E-state index is -0.0986. The molecule has 4 nitrogen and oxygen atoms in total. The quantitative estimate of drug-likeness (QED) is 0.723. The van der Waals surface area contributed by atoms with E-state index in [9.17, 15) is 5.11 Å². The van der Waals surface area contributed by atoms with E-state index in [1.165, 1.54) is 6.33 Å². The van der Waals surface area contributed by atoms with Gasteiger partial charge in [-0.05, 0) is 6.42 Å². The molecule has 3 heterocycles. The van der Waals surface area contributed by atoms with E-state index in [0.29, 0.717) is 17.0 Å². The van der Waals surface area contributed by atoms with E-state index in [1.54, 1.807) is 6.07 Å². The number of aliphatic hydroxyl groups is 1. The van der Waals surface area contributed by atoms with Gasteiger partial charge in [-0.1, -0.05) is 11.6 Å². The highest BCUT2D eigenvalue weighted by atomic mass is 35.5. The Hall–Kier alpha value is -0.870. The molecule has 2 saturated heterocycles. The van der Waals surface area contributed by atoms with E-state index >= 15 is 0 Å². The molecule has 1 aromatic rings. The van der Waals surface area contributed by atoms with Gasteiger partial charge in [0, 0.05) is 31.0 Å². The molecule has 0 amide bonds. The maximum Gasteiger partial charge on any atom is 0.134 e. The van der Waals surface area contributed by atoms with Crippen LogP contribution in [0.2, 0.25) is 5.15 Å². The van der Waals surface area contributed by atoms with Crippen LogP contribution in [0.4, 0.5) is 5.82 Å². The van der Waals surface area contributed by atoms with Crippen LogP contribution in [0.3, 0.4) is 0 Å². The summed E-state index contributed by atoms with van der Waals surface area (Å²) in [6.45, 7) is 1.76. The fourth-order valence-corrected chi connectivity index (χ4v) is 2.69. The standard InChI is InChI=1S/C10H12ClN3O/c11-8-2-9(13-5-12-8)14-3-6-1-7(4-14)10(6)15/h2,5-7,10,15H,1,3-4H2/t6-,7-/m0/s1. The zero-order chi connectivity index (χ0) is 10.4.